The molecule has 196 valence electrons. The highest BCUT2D eigenvalue weighted by atomic mass is 28.5. The van der Waals surface area contributed by atoms with E-state index in [2.05, 4.69) is 52.4 Å². The Kier molecular flexibility index (Phi) is 10.4. The third kappa shape index (κ3) is 10.00. The fraction of sp³-hybridized carbons (Fsp3) is 1.00. The molecule has 0 radical (unpaired) electrons. The Hall–Kier alpha value is 0.804. The maximum Gasteiger partial charge on any atom is 0.499 e. The zero-order valence-corrected chi connectivity index (χ0v) is 28.0. The lowest BCUT2D eigenvalue weighted by molar-refractivity contribution is 0.124. The van der Waals surface area contributed by atoms with Crippen LogP contribution in [0.5, 0.6) is 0 Å². The number of hydrogen-bond acceptors (Lipinski definition) is 7. The summed E-state index contributed by atoms with van der Waals surface area (Å²) >= 11 is 0. The Labute approximate surface area is 208 Å². The van der Waals surface area contributed by atoms with Crippen LogP contribution in [0.1, 0.15) is 25.7 Å². The van der Waals surface area contributed by atoms with Crippen molar-refractivity contribution >= 4 is 42.6 Å². The van der Waals surface area contributed by atoms with Crippen LogP contribution in [-0.4, -0.2) is 76.1 Å². The van der Waals surface area contributed by atoms with Crippen LogP contribution in [0.2, 0.25) is 70.5 Å². The van der Waals surface area contributed by atoms with Gasteiger partial charge >= 0.3 is 25.9 Å². The molecule has 1 aliphatic carbocycles. The van der Waals surface area contributed by atoms with Crippen LogP contribution in [0.25, 0.3) is 0 Å². The van der Waals surface area contributed by atoms with Gasteiger partial charge in [-0.15, -0.1) is 0 Å². The molecule has 0 aromatic heterocycles. The summed E-state index contributed by atoms with van der Waals surface area (Å²) in [6, 6.07) is 2.85. The summed E-state index contributed by atoms with van der Waals surface area (Å²) in [6.07, 6.45) is 6.22. The van der Waals surface area contributed by atoms with Gasteiger partial charge in [-0.2, -0.15) is 0 Å². The van der Waals surface area contributed by atoms with Crippen LogP contribution in [0, 0.1) is 5.92 Å². The van der Waals surface area contributed by atoms with Crippen molar-refractivity contribution < 1.29 is 30.4 Å². The van der Waals surface area contributed by atoms with E-state index in [0.29, 0.717) is 12.2 Å². The Bertz CT molecular complexity index is 620. The second-order valence-corrected chi connectivity index (χ2v) is 31.0. The Balaban J connectivity index is 1.85. The van der Waals surface area contributed by atoms with Crippen LogP contribution in [0.3, 0.4) is 0 Å². The smallest absolute Gasteiger partial charge is 0.436 e. The average molecular weight is 555 g/mol. The molecule has 33 heavy (non-hydrogen) atoms. The highest BCUT2D eigenvalue weighted by Gasteiger charge is 2.47. The molecule has 0 spiro atoms. The molecule has 0 aromatic carbocycles. The topological polar surface area (TPSA) is 67.9 Å². The minimum Gasteiger partial charge on any atom is -0.436 e. The van der Waals surface area contributed by atoms with Gasteiger partial charge < -0.3 is 30.4 Å². The van der Waals surface area contributed by atoms with Crippen LogP contribution in [-0.2, 0) is 30.4 Å². The van der Waals surface area contributed by atoms with Crippen molar-refractivity contribution in [1.82, 2.24) is 0 Å². The Morgan fingerprint density at radius 3 is 1.64 bits per heavy atom. The molecule has 1 heterocycles. The molecule has 2 fully saturated rings. The first kappa shape index (κ1) is 30.0. The highest BCUT2D eigenvalue weighted by molar-refractivity contribution is 6.89. The van der Waals surface area contributed by atoms with E-state index in [1.807, 2.05) is 0 Å². The molecule has 12 heteroatoms. The van der Waals surface area contributed by atoms with E-state index >= 15 is 0 Å². The molecular weight excluding hydrogens is 505 g/mol. The molecule has 2 rings (SSSR count). The largest absolute Gasteiger partial charge is 0.499 e. The molecular formula is C21H50O7Si5. The minimum absolute atomic E-state index is 0.560. The van der Waals surface area contributed by atoms with Gasteiger partial charge in [0, 0.05) is 27.4 Å². The van der Waals surface area contributed by atoms with E-state index in [1.54, 1.807) is 21.3 Å². The van der Waals surface area contributed by atoms with Gasteiger partial charge in [-0.3, -0.25) is 0 Å². The zero-order chi connectivity index (χ0) is 25.1. The summed E-state index contributed by atoms with van der Waals surface area (Å²) in [5.41, 5.74) is 0. The van der Waals surface area contributed by atoms with E-state index in [1.165, 1.54) is 31.7 Å². The first-order valence-corrected chi connectivity index (χ1v) is 26.3. The van der Waals surface area contributed by atoms with Crippen molar-refractivity contribution in [2.45, 2.75) is 108 Å². The number of fused-ring (bicyclic) bond motifs is 1. The van der Waals surface area contributed by atoms with Crippen LogP contribution >= 0.6 is 0 Å². The summed E-state index contributed by atoms with van der Waals surface area (Å²) < 4.78 is 42.8. The van der Waals surface area contributed by atoms with E-state index in [9.17, 15) is 0 Å². The third-order valence-corrected chi connectivity index (χ3v) is 25.2. The van der Waals surface area contributed by atoms with Crippen molar-refractivity contribution in [1.29, 1.82) is 0 Å². The normalized spacial score (nSPS) is 24.6. The van der Waals surface area contributed by atoms with Gasteiger partial charge in [0.05, 0.1) is 12.2 Å². The molecule has 0 bridgehead atoms. The standard InChI is InChI=1S/C21H50O7Si5/c1-22-33(23-2,24-3)17-16-30(6,7)27-32(10,11)28-31(8,9)26-29(4,5)15-14-19-12-13-20-21(18-19)25-20/h19-21H,12-18H2,1-11H3. The number of hydrogen-bond donors (Lipinski definition) is 0. The minimum atomic E-state index is -2.60. The Morgan fingerprint density at radius 1 is 0.636 bits per heavy atom. The summed E-state index contributed by atoms with van der Waals surface area (Å²) in [5, 5.41) is 0. The van der Waals surface area contributed by atoms with Crippen molar-refractivity contribution in [3.05, 3.63) is 0 Å². The van der Waals surface area contributed by atoms with Crippen molar-refractivity contribution in [3.63, 3.8) is 0 Å². The lowest BCUT2D eigenvalue weighted by atomic mass is 9.88. The summed E-state index contributed by atoms with van der Waals surface area (Å²) in [4.78, 5) is 0. The molecule has 1 saturated heterocycles. The van der Waals surface area contributed by atoms with E-state index in [0.717, 1.165) is 18.0 Å². The first-order valence-electron chi connectivity index (χ1n) is 12.5. The SMILES string of the molecule is CO[Si](CC[Si](C)(C)O[Si](C)(C)O[Si](C)(C)O[Si](C)(C)CCC1CCC2OC2C1)(OC)OC. The molecule has 2 aliphatic rings. The van der Waals surface area contributed by atoms with Gasteiger partial charge in [-0.1, -0.05) is 6.42 Å². The second kappa shape index (κ2) is 11.5. The predicted molar refractivity (Wildman–Crippen MR) is 145 cm³/mol. The quantitative estimate of drug-likeness (QED) is 0.190. The summed E-state index contributed by atoms with van der Waals surface area (Å²) in [6.45, 7) is 17.9. The third-order valence-electron chi connectivity index (χ3n) is 6.77. The fourth-order valence-electron chi connectivity index (χ4n) is 5.38. The molecule has 3 atom stereocenters. The number of rotatable bonds is 15. The monoisotopic (exact) mass is 554 g/mol. The van der Waals surface area contributed by atoms with Crippen molar-refractivity contribution in [2.24, 2.45) is 5.92 Å². The first-order chi connectivity index (χ1) is 15.1. The van der Waals surface area contributed by atoms with Crippen molar-refractivity contribution in [2.75, 3.05) is 21.3 Å². The van der Waals surface area contributed by atoms with Gasteiger partial charge in [0.15, 0.2) is 16.6 Å². The van der Waals surface area contributed by atoms with E-state index < -0.39 is 42.6 Å². The molecule has 0 N–H and O–H groups in total. The molecule has 1 aliphatic heterocycles. The highest BCUT2D eigenvalue weighted by Crippen LogP contribution is 2.42. The predicted octanol–water partition coefficient (Wildman–Crippen LogP) is 5.69. The molecule has 0 aromatic rings. The maximum atomic E-state index is 6.81. The zero-order valence-electron chi connectivity index (χ0n) is 23.0. The van der Waals surface area contributed by atoms with Crippen molar-refractivity contribution in [3.8, 4) is 0 Å². The average Bonchev–Trinajstić information content (AvgIpc) is 3.44. The number of epoxide rings is 1. The van der Waals surface area contributed by atoms with Gasteiger partial charge in [-0.25, -0.2) is 0 Å². The molecule has 3 unspecified atom stereocenters. The van der Waals surface area contributed by atoms with Gasteiger partial charge in [-0.05, 0) is 89.6 Å². The molecule has 0 amide bonds. The van der Waals surface area contributed by atoms with Crippen LogP contribution in [0.15, 0.2) is 0 Å². The van der Waals surface area contributed by atoms with Crippen LogP contribution in [0.4, 0.5) is 0 Å². The fourth-order valence-corrected chi connectivity index (χ4v) is 28.5. The maximum absolute atomic E-state index is 6.81. The van der Waals surface area contributed by atoms with Gasteiger partial charge in [0.25, 0.3) is 0 Å². The van der Waals surface area contributed by atoms with Crippen LogP contribution < -0.4 is 0 Å². The second-order valence-electron chi connectivity index (χ2n) is 11.9. The number of ether oxygens (including phenoxy) is 1. The summed E-state index contributed by atoms with van der Waals surface area (Å²) in [7, 11) is -6.09. The lowest BCUT2D eigenvalue weighted by Gasteiger charge is -2.41. The molecule has 7 nitrogen and oxygen atoms in total. The van der Waals surface area contributed by atoms with E-state index in [4.69, 9.17) is 30.4 Å². The summed E-state index contributed by atoms with van der Waals surface area (Å²) in [5.74, 6) is 0.803. The van der Waals surface area contributed by atoms with Gasteiger partial charge in [0.1, 0.15) is 0 Å². The Morgan fingerprint density at radius 2 is 1.15 bits per heavy atom. The van der Waals surface area contributed by atoms with Gasteiger partial charge in [0.2, 0.25) is 0 Å². The lowest BCUT2D eigenvalue weighted by Crippen LogP contribution is -2.56. The van der Waals surface area contributed by atoms with E-state index in [-0.39, 0.29) is 0 Å². The molecule has 1 saturated carbocycles.